The van der Waals surface area contributed by atoms with Crippen molar-refractivity contribution in [2.24, 2.45) is 5.41 Å². The second-order valence-corrected chi connectivity index (χ2v) is 10.8. The number of aromatic nitrogens is 2. The monoisotopic (exact) mass is 551 g/mol. The maximum atomic E-state index is 13.8. The molecular formula is C24H31F6N5O3. The summed E-state index contributed by atoms with van der Waals surface area (Å²) in [5.41, 5.74) is -1.57. The molecule has 0 unspecified atom stereocenters. The molecule has 4 aliphatic rings. The van der Waals surface area contributed by atoms with Gasteiger partial charge >= 0.3 is 12.4 Å². The fourth-order valence-corrected chi connectivity index (χ4v) is 6.67. The summed E-state index contributed by atoms with van der Waals surface area (Å²) in [6.45, 7) is 1.29. The number of hydrogen-bond donors (Lipinski definition) is 1. The van der Waals surface area contributed by atoms with Gasteiger partial charge in [-0.15, -0.1) is 0 Å². The van der Waals surface area contributed by atoms with Crippen molar-refractivity contribution in [3.8, 4) is 0 Å². The Balaban J connectivity index is 1.29. The molecule has 1 aromatic rings. The minimum absolute atomic E-state index is 0.0671. The van der Waals surface area contributed by atoms with Crippen molar-refractivity contribution in [2.45, 2.75) is 81.1 Å². The number of carbonyl (C=O) groups is 1. The van der Waals surface area contributed by atoms with Crippen LogP contribution in [0, 0.1) is 5.41 Å². The van der Waals surface area contributed by atoms with Gasteiger partial charge in [-0.2, -0.15) is 26.3 Å². The molecule has 1 N–H and O–H groups in total. The fourth-order valence-electron chi connectivity index (χ4n) is 6.67. The van der Waals surface area contributed by atoms with Crippen molar-refractivity contribution < 1.29 is 40.6 Å². The molecule has 3 aliphatic heterocycles. The molecule has 5 rings (SSSR count). The average Bonchev–Trinajstić information content (AvgIpc) is 3.58. The van der Waals surface area contributed by atoms with E-state index in [-0.39, 0.29) is 62.0 Å². The summed E-state index contributed by atoms with van der Waals surface area (Å²) >= 11 is 0. The molecule has 14 heteroatoms. The molecule has 1 saturated carbocycles. The van der Waals surface area contributed by atoms with Crippen LogP contribution in [-0.2, 0) is 20.4 Å². The second kappa shape index (κ2) is 10.1. The zero-order valence-corrected chi connectivity index (χ0v) is 20.9. The van der Waals surface area contributed by atoms with E-state index in [1.54, 1.807) is 12.0 Å². The van der Waals surface area contributed by atoms with Crippen molar-refractivity contribution in [1.29, 1.82) is 0 Å². The number of rotatable bonds is 6. The smallest absolute Gasteiger partial charge is 0.379 e. The summed E-state index contributed by atoms with van der Waals surface area (Å²) in [5, 5.41) is 3.43. The van der Waals surface area contributed by atoms with Crippen LogP contribution in [0.25, 0.3) is 0 Å². The highest BCUT2D eigenvalue weighted by Crippen LogP contribution is 2.49. The summed E-state index contributed by atoms with van der Waals surface area (Å²) < 4.78 is 91.4. The Hall–Kier alpha value is -2.19. The summed E-state index contributed by atoms with van der Waals surface area (Å²) in [6, 6.07) is 0.344. The largest absolute Gasteiger partial charge is 0.451 e. The van der Waals surface area contributed by atoms with Crippen LogP contribution in [0.5, 0.6) is 0 Å². The van der Waals surface area contributed by atoms with Crippen LogP contribution in [0.1, 0.15) is 44.3 Å². The Morgan fingerprint density at radius 3 is 2.66 bits per heavy atom. The standard InChI is InChI=1S/C24H31F6N5O3/c1-37-18-12-38-7-4-17(18)32-14-2-5-22(9-14,13-23(25,26)27)21(36)35-11-15-8-16(35)10-34(15)19-3-6-31-20(33-19)24(28,29)30/h3,6,14-18,32H,2,4-5,7-13H2,1H3/t14-,15-,16+,17+,18-,22+/m1/s1. The van der Waals surface area contributed by atoms with Gasteiger partial charge in [-0.25, -0.2) is 9.97 Å². The minimum atomic E-state index is -4.69. The van der Waals surface area contributed by atoms with Gasteiger partial charge in [0.15, 0.2) is 0 Å². The number of methoxy groups -OCH3 is 1. The number of alkyl halides is 6. The third kappa shape index (κ3) is 5.44. The number of amides is 1. The number of hydrogen-bond acceptors (Lipinski definition) is 7. The average molecular weight is 552 g/mol. The lowest BCUT2D eigenvalue weighted by Crippen LogP contribution is -2.54. The Bertz CT molecular complexity index is 1030. The molecular weight excluding hydrogens is 520 g/mol. The molecule has 8 nitrogen and oxygen atoms in total. The van der Waals surface area contributed by atoms with E-state index in [0.717, 1.165) is 6.20 Å². The fraction of sp³-hybridized carbons (Fsp3) is 0.792. The lowest BCUT2D eigenvalue weighted by Gasteiger charge is -2.40. The summed E-state index contributed by atoms with van der Waals surface area (Å²) in [5.74, 6) is -1.66. The van der Waals surface area contributed by atoms with Crippen molar-refractivity contribution in [3.05, 3.63) is 18.1 Å². The zero-order valence-electron chi connectivity index (χ0n) is 20.9. The van der Waals surface area contributed by atoms with Crippen LogP contribution in [-0.4, -0.2) is 90.6 Å². The van der Waals surface area contributed by atoms with Crippen LogP contribution < -0.4 is 10.2 Å². The number of carbonyl (C=O) groups excluding carboxylic acids is 1. The zero-order chi connectivity index (χ0) is 27.3. The van der Waals surface area contributed by atoms with E-state index >= 15 is 0 Å². The minimum Gasteiger partial charge on any atom is -0.379 e. The van der Waals surface area contributed by atoms with Gasteiger partial charge in [0.1, 0.15) is 5.82 Å². The molecule has 2 bridgehead atoms. The maximum absolute atomic E-state index is 13.8. The van der Waals surface area contributed by atoms with Gasteiger partial charge in [0.05, 0.1) is 36.6 Å². The molecule has 212 valence electrons. The first kappa shape index (κ1) is 27.4. The van der Waals surface area contributed by atoms with E-state index in [1.165, 1.54) is 11.0 Å². The van der Waals surface area contributed by atoms with Gasteiger partial charge in [-0.05, 0) is 38.2 Å². The first-order valence-electron chi connectivity index (χ1n) is 12.8. The molecule has 1 amide bonds. The lowest BCUT2D eigenvalue weighted by atomic mass is 9.80. The number of piperazine rings is 1. The van der Waals surface area contributed by atoms with Crippen LogP contribution in [0.2, 0.25) is 0 Å². The number of fused-ring (bicyclic) bond motifs is 2. The molecule has 1 aromatic heterocycles. The predicted octanol–water partition coefficient (Wildman–Crippen LogP) is 3.17. The van der Waals surface area contributed by atoms with Crippen LogP contribution in [0.4, 0.5) is 32.2 Å². The Labute approximate surface area is 216 Å². The maximum Gasteiger partial charge on any atom is 0.451 e. The van der Waals surface area contributed by atoms with E-state index in [0.29, 0.717) is 32.5 Å². The Kier molecular flexibility index (Phi) is 7.27. The van der Waals surface area contributed by atoms with E-state index in [1.807, 2.05) is 0 Å². The van der Waals surface area contributed by atoms with E-state index in [9.17, 15) is 31.1 Å². The van der Waals surface area contributed by atoms with Gasteiger partial charge in [0, 0.05) is 45.1 Å². The second-order valence-electron chi connectivity index (χ2n) is 10.8. The molecule has 0 spiro atoms. The molecule has 0 radical (unpaired) electrons. The summed E-state index contributed by atoms with van der Waals surface area (Å²) in [7, 11) is 1.57. The van der Waals surface area contributed by atoms with Gasteiger partial charge in [0.2, 0.25) is 11.7 Å². The number of halogens is 6. The summed E-state index contributed by atoms with van der Waals surface area (Å²) in [4.78, 5) is 23.9. The topological polar surface area (TPSA) is 79.8 Å². The highest BCUT2D eigenvalue weighted by atomic mass is 19.4. The third-order valence-corrected chi connectivity index (χ3v) is 8.35. The highest BCUT2D eigenvalue weighted by molar-refractivity contribution is 5.84. The summed E-state index contributed by atoms with van der Waals surface area (Å²) in [6.07, 6.45) is -7.83. The van der Waals surface area contributed by atoms with Gasteiger partial charge in [-0.1, -0.05) is 0 Å². The molecule has 4 fully saturated rings. The molecule has 38 heavy (non-hydrogen) atoms. The van der Waals surface area contributed by atoms with Gasteiger partial charge < -0.3 is 24.6 Å². The number of nitrogens with zero attached hydrogens (tertiary/aromatic N) is 4. The highest BCUT2D eigenvalue weighted by Gasteiger charge is 2.57. The number of anilines is 1. The van der Waals surface area contributed by atoms with Crippen molar-refractivity contribution >= 4 is 11.7 Å². The predicted molar refractivity (Wildman–Crippen MR) is 122 cm³/mol. The lowest BCUT2D eigenvalue weighted by molar-refractivity contribution is -0.174. The molecule has 6 atom stereocenters. The van der Waals surface area contributed by atoms with Gasteiger partial charge in [-0.3, -0.25) is 4.79 Å². The van der Waals surface area contributed by atoms with Crippen molar-refractivity contribution in [3.63, 3.8) is 0 Å². The van der Waals surface area contributed by atoms with E-state index < -0.39 is 35.9 Å². The van der Waals surface area contributed by atoms with Crippen LogP contribution in [0.15, 0.2) is 12.3 Å². The van der Waals surface area contributed by atoms with E-state index in [2.05, 4.69) is 15.3 Å². The first-order valence-corrected chi connectivity index (χ1v) is 12.8. The van der Waals surface area contributed by atoms with Crippen molar-refractivity contribution in [1.82, 2.24) is 20.2 Å². The number of nitrogens with one attached hydrogen (secondary N) is 1. The van der Waals surface area contributed by atoms with E-state index in [4.69, 9.17) is 9.47 Å². The van der Waals surface area contributed by atoms with Gasteiger partial charge in [0.25, 0.3) is 0 Å². The normalized spacial score (nSPS) is 33.8. The molecule has 0 aromatic carbocycles. The Morgan fingerprint density at radius 1 is 1.21 bits per heavy atom. The van der Waals surface area contributed by atoms with Crippen molar-refractivity contribution in [2.75, 3.05) is 38.3 Å². The third-order valence-electron chi connectivity index (χ3n) is 8.35. The first-order chi connectivity index (χ1) is 17.9. The molecule has 1 aliphatic carbocycles. The molecule has 4 heterocycles. The Morgan fingerprint density at radius 2 is 2.00 bits per heavy atom. The van der Waals surface area contributed by atoms with Crippen LogP contribution in [0.3, 0.4) is 0 Å². The van der Waals surface area contributed by atoms with Crippen LogP contribution >= 0.6 is 0 Å². The molecule has 3 saturated heterocycles. The number of likely N-dealkylation sites (tertiary alicyclic amines) is 1. The quantitative estimate of drug-likeness (QED) is 0.545. The number of ether oxygens (including phenoxy) is 2. The SMILES string of the molecule is CO[C@@H]1COCC[C@@H]1N[C@@H]1CC[C@](CC(F)(F)F)(C(=O)N2C[C@H]3C[C@H]2CN3c2ccnc(C(F)(F)F)n2)C1.